The number of carbonyl (C=O) groups is 1. The third-order valence-electron chi connectivity index (χ3n) is 4.48. The number of benzene rings is 2. The van der Waals surface area contributed by atoms with Crippen molar-refractivity contribution in [1.29, 1.82) is 0 Å². The Labute approximate surface area is 156 Å². The second-order valence-corrected chi connectivity index (χ2v) is 6.45. The van der Waals surface area contributed by atoms with Gasteiger partial charge in [-0.1, -0.05) is 12.1 Å². The quantitative estimate of drug-likeness (QED) is 0.727. The lowest BCUT2D eigenvalue weighted by Gasteiger charge is -2.18. The number of aromatic amines is 1. The zero-order valence-corrected chi connectivity index (χ0v) is 15.0. The molecule has 1 aliphatic heterocycles. The molecule has 1 aromatic heterocycles. The van der Waals surface area contributed by atoms with Gasteiger partial charge in [-0.25, -0.2) is 0 Å². The van der Waals surface area contributed by atoms with Crippen LogP contribution in [-0.4, -0.2) is 49.1 Å². The summed E-state index contributed by atoms with van der Waals surface area (Å²) in [5, 5.41) is 11.4. The standard InChI is InChI=1S/C20H21N3O4/c1-25-11-14-7-8-26-16-5-6-18-17(10-16)20(23-22-18)13-3-2-4-15(9-13)27-12-19(24)21-14/h2-6,9-10,14H,7-8,11-12H2,1H3,(H,21,24)(H,22,23)/t14-/m0/s1. The highest BCUT2D eigenvalue weighted by Crippen LogP contribution is 2.31. The van der Waals surface area contributed by atoms with Crippen molar-refractivity contribution >= 4 is 16.8 Å². The highest BCUT2D eigenvalue weighted by molar-refractivity contribution is 5.94. The lowest BCUT2D eigenvalue weighted by molar-refractivity contribution is -0.124. The summed E-state index contributed by atoms with van der Waals surface area (Å²) >= 11 is 0. The molecule has 2 N–H and O–H groups in total. The number of carbonyl (C=O) groups excluding carboxylic acids is 1. The first-order chi connectivity index (χ1) is 13.2. The zero-order valence-electron chi connectivity index (χ0n) is 15.0. The molecule has 7 heteroatoms. The van der Waals surface area contributed by atoms with E-state index in [1.807, 2.05) is 42.5 Å². The molecule has 0 fully saturated rings. The highest BCUT2D eigenvalue weighted by Gasteiger charge is 2.15. The van der Waals surface area contributed by atoms with Gasteiger partial charge in [0, 0.05) is 24.5 Å². The summed E-state index contributed by atoms with van der Waals surface area (Å²) < 4.78 is 16.8. The highest BCUT2D eigenvalue weighted by atomic mass is 16.5. The maximum absolute atomic E-state index is 12.2. The Morgan fingerprint density at radius 3 is 2.96 bits per heavy atom. The van der Waals surface area contributed by atoms with E-state index in [0.29, 0.717) is 25.4 Å². The normalized spacial score (nSPS) is 17.5. The SMILES string of the molecule is COC[C@@H]1CCOc2ccc3[nH]nc(c3c2)-c2cccc(c2)OCC(=O)N1. The van der Waals surface area contributed by atoms with Crippen LogP contribution in [0.4, 0.5) is 0 Å². The molecular weight excluding hydrogens is 346 g/mol. The van der Waals surface area contributed by atoms with Crippen molar-refractivity contribution in [2.75, 3.05) is 26.9 Å². The first kappa shape index (κ1) is 17.4. The number of hydrogen-bond acceptors (Lipinski definition) is 5. The maximum atomic E-state index is 12.2. The largest absolute Gasteiger partial charge is 0.493 e. The van der Waals surface area contributed by atoms with Gasteiger partial charge in [0.1, 0.15) is 17.2 Å². The third-order valence-corrected chi connectivity index (χ3v) is 4.48. The van der Waals surface area contributed by atoms with Crippen molar-refractivity contribution in [3.05, 3.63) is 42.5 Å². The molecule has 140 valence electrons. The Kier molecular flexibility index (Phi) is 4.93. The minimum absolute atomic E-state index is 0.0613. The van der Waals surface area contributed by atoms with Crippen LogP contribution >= 0.6 is 0 Å². The molecule has 0 saturated carbocycles. The molecule has 1 atom stereocenters. The van der Waals surface area contributed by atoms with E-state index in [2.05, 4.69) is 15.5 Å². The first-order valence-electron chi connectivity index (χ1n) is 8.85. The molecule has 1 amide bonds. The van der Waals surface area contributed by atoms with Crippen molar-refractivity contribution in [3.8, 4) is 22.8 Å². The average Bonchev–Trinajstić information content (AvgIpc) is 3.09. The molecule has 0 saturated heterocycles. The zero-order chi connectivity index (χ0) is 18.6. The lowest BCUT2D eigenvalue weighted by Crippen LogP contribution is -2.41. The Morgan fingerprint density at radius 1 is 1.19 bits per heavy atom. The average molecular weight is 367 g/mol. The molecule has 0 unspecified atom stereocenters. The van der Waals surface area contributed by atoms with E-state index in [1.54, 1.807) is 7.11 Å². The molecule has 2 aromatic carbocycles. The Balaban J connectivity index is 1.71. The molecule has 0 spiro atoms. The fourth-order valence-corrected chi connectivity index (χ4v) is 3.17. The first-order valence-corrected chi connectivity index (χ1v) is 8.85. The van der Waals surface area contributed by atoms with Crippen molar-refractivity contribution in [3.63, 3.8) is 0 Å². The number of H-pyrrole nitrogens is 1. The molecule has 0 radical (unpaired) electrons. The van der Waals surface area contributed by atoms with Crippen LogP contribution in [0.1, 0.15) is 6.42 Å². The van der Waals surface area contributed by atoms with E-state index in [9.17, 15) is 4.79 Å². The van der Waals surface area contributed by atoms with Crippen molar-refractivity contribution in [2.45, 2.75) is 12.5 Å². The van der Waals surface area contributed by atoms with Crippen LogP contribution in [0.3, 0.4) is 0 Å². The summed E-state index contributed by atoms with van der Waals surface area (Å²) in [6.07, 6.45) is 0.629. The van der Waals surface area contributed by atoms with Gasteiger partial charge in [0.15, 0.2) is 6.61 Å². The van der Waals surface area contributed by atoms with Gasteiger partial charge in [-0.05, 0) is 30.3 Å². The summed E-state index contributed by atoms with van der Waals surface area (Å²) in [5.41, 5.74) is 2.66. The van der Waals surface area contributed by atoms with E-state index in [0.717, 1.165) is 27.9 Å². The smallest absolute Gasteiger partial charge is 0.258 e. The summed E-state index contributed by atoms with van der Waals surface area (Å²) in [4.78, 5) is 12.2. The molecule has 1 aliphatic rings. The Bertz CT molecular complexity index is 953. The molecule has 7 nitrogen and oxygen atoms in total. The number of fused-ring (bicyclic) bond motifs is 4. The third kappa shape index (κ3) is 3.88. The molecule has 27 heavy (non-hydrogen) atoms. The number of ether oxygens (including phenoxy) is 3. The van der Waals surface area contributed by atoms with E-state index in [-0.39, 0.29) is 18.6 Å². The van der Waals surface area contributed by atoms with Crippen LogP contribution in [0.25, 0.3) is 22.2 Å². The number of aromatic nitrogens is 2. The van der Waals surface area contributed by atoms with Crippen LogP contribution in [-0.2, 0) is 9.53 Å². The van der Waals surface area contributed by atoms with Gasteiger partial charge in [0.2, 0.25) is 0 Å². The van der Waals surface area contributed by atoms with Crippen LogP contribution in [0.2, 0.25) is 0 Å². The van der Waals surface area contributed by atoms with Gasteiger partial charge in [0.25, 0.3) is 5.91 Å². The fraction of sp³-hybridized carbons (Fsp3) is 0.300. The molecule has 4 rings (SSSR count). The second-order valence-electron chi connectivity index (χ2n) is 6.45. The van der Waals surface area contributed by atoms with E-state index in [4.69, 9.17) is 14.2 Å². The summed E-state index contributed by atoms with van der Waals surface area (Å²) in [6.45, 7) is 0.811. The van der Waals surface area contributed by atoms with Gasteiger partial charge in [-0.15, -0.1) is 0 Å². The van der Waals surface area contributed by atoms with Crippen molar-refractivity contribution in [2.24, 2.45) is 0 Å². The Hall–Kier alpha value is -3.06. The fourth-order valence-electron chi connectivity index (χ4n) is 3.17. The topological polar surface area (TPSA) is 85.5 Å². The van der Waals surface area contributed by atoms with E-state index in [1.165, 1.54) is 0 Å². The summed E-state index contributed by atoms with van der Waals surface area (Å²) in [7, 11) is 1.61. The summed E-state index contributed by atoms with van der Waals surface area (Å²) in [5.74, 6) is 1.18. The van der Waals surface area contributed by atoms with Crippen LogP contribution < -0.4 is 14.8 Å². The second kappa shape index (κ2) is 7.67. The van der Waals surface area contributed by atoms with Crippen LogP contribution in [0, 0.1) is 0 Å². The number of methoxy groups -OCH3 is 1. The van der Waals surface area contributed by atoms with E-state index < -0.39 is 0 Å². The number of rotatable bonds is 2. The Morgan fingerprint density at radius 2 is 2.07 bits per heavy atom. The van der Waals surface area contributed by atoms with Crippen molar-refractivity contribution < 1.29 is 19.0 Å². The minimum atomic E-state index is -0.194. The number of amides is 1. The maximum Gasteiger partial charge on any atom is 0.258 e. The van der Waals surface area contributed by atoms with Crippen LogP contribution in [0.15, 0.2) is 42.5 Å². The van der Waals surface area contributed by atoms with Gasteiger partial charge in [0.05, 0.1) is 24.8 Å². The monoisotopic (exact) mass is 367 g/mol. The molecule has 2 heterocycles. The van der Waals surface area contributed by atoms with Crippen LogP contribution in [0.5, 0.6) is 11.5 Å². The molecule has 3 aromatic rings. The summed E-state index contributed by atoms with van der Waals surface area (Å²) in [6, 6.07) is 13.2. The van der Waals surface area contributed by atoms with Gasteiger partial charge >= 0.3 is 0 Å². The van der Waals surface area contributed by atoms with Gasteiger partial charge in [-0.2, -0.15) is 5.10 Å². The lowest BCUT2D eigenvalue weighted by atomic mass is 10.1. The molecule has 4 bridgehead atoms. The number of hydrogen-bond donors (Lipinski definition) is 2. The molecular formula is C20H21N3O4. The predicted molar refractivity (Wildman–Crippen MR) is 101 cm³/mol. The minimum Gasteiger partial charge on any atom is -0.493 e. The van der Waals surface area contributed by atoms with Crippen molar-refractivity contribution in [1.82, 2.24) is 15.5 Å². The van der Waals surface area contributed by atoms with Gasteiger partial charge < -0.3 is 19.5 Å². The number of nitrogens with zero attached hydrogens (tertiary/aromatic N) is 1. The van der Waals surface area contributed by atoms with Gasteiger partial charge in [-0.3, -0.25) is 9.89 Å². The van der Waals surface area contributed by atoms with E-state index >= 15 is 0 Å². The number of nitrogens with one attached hydrogen (secondary N) is 2. The molecule has 0 aliphatic carbocycles. The predicted octanol–water partition coefficient (Wildman–Crippen LogP) is 2.52.